The molecule has 1 aromatic rings. The summed E-state index contributed by atoms with van der Waals surface area (Å²) in [6.45, 7) is 5.03. The van der Waals surface area contributed by atoms with E-state index in [1.165, 1.54) is 25.7 Å². The minimum Gasteiger partial charge on any atom is -0.494 e. The molecule has 1 aliphatic rings. The van der Waals surface area contributed by atoms with E-state index in [4.69, 9.17) is 4.74 Å². The maximum atomic E-state index is 12.1. The number of ketones is 1. The molecule has 0 atom stereocenters. The van der Waals surface area contributed by atoms with Gasteiger partial charge in [0.2, 0.25) is 0 Å². The number of Topliss-reactive ketones (excluding diaryl/α,β-unsaturated/α-hetero) is 1. The molecular weight excluding hydrogens is 238 g/mol. The highest BCUT2D eigenvalue weighted by Gasteiger charge is 2.16. The minimum absolute atomic E-state index is 0.165. The number of hydrogen-bond acceptors (Lipinski definition) is 3. The van der Waals surface area contributed by atoms with E-state index in [9.17, 15) is 4.79 Å². The number of benzene rings is 1. The molecule has 104 valence electrons. The van der Waals surface area contributed by atoms with Crippen LogP contribution in [0.3, 0.4) is 0 Å². The van der Waals surface area contributed by atoms with E-state index in [1.54, 1.807) is 0 Å². The molecule has 1 aromatic carbocycles. The lowest BCUT2D eigenvalue weighted by Crippen LogP contribution is -2.31. The van der Waals surface area contributed by atoms with E-state index in [2.05, 4.69) is 5.32 Å². The van der Waals surface area contributed by atoms with Gasteiger partial charge in [0.05, 0.1) is 13.2 Å². The van der Waals surface area contributed by atoms with Crippen molar-refractivity contribution in [3.8, 4) is 5.75 Å². The Hall–Kier alpha value is -1.35. The summed E-state index contributed by atoms with van der Waals surface area (Å²) >= 11 is 0. The standard InChI is InChI=1S/C16H23NO2/c1-3-19-16-9-8-13(10-12(16)2)15(18)11-17-14-6-4-5-7-14/h8-10,14,17H,3-7,11H2,1-2H3. The van der Waals surface area contributed by atoms with Crippen molar-refractivity contribution >= 4 is 5.78 Å². The maximum absolute atomic E-state index is 12.1. The molecule has 1 fully saturated rings. The SMILES string of the molecule is CCOc1ccc(C(=O)CNC2CCCC2)cc1C. The molecule has 0 spiro atoms. The van der Waals surface area contributed by atoms with Gasteiger partial charge in [0.15, 0.2) is 5.78 Å². The molecular formula is C16H23NO2. The van der Waals surface area contributed by atoms with Gasteiger partial charge in [0.1, 0.15) is 5.75 Å². The zero-order chi connectivity index (χ0) is 13.7. The van der Waals surface area contributed by atoms with Gasteiger partial charge in [-0.15, -0.1) is 0 Å². The van der Waals surface area contributed by atoms with E-state index >= 15 is 0 Å². The van der Waals surface area contributed by atoms with Crippen LogP contribution in [0.4, 0.5) is 0 Å². The van der Waals surface area contributed by atoms with Gasteiger partial charge in [0, 0.05) is 11.6 Å². The average Bonchev–Trinajstić information content (AvgIpc) is 2.91. The van der Waals surface area contributed by atoms with E-state index in [0.717, 1.165) is 16.9 Å². The lowest BCUT2D eigenvalue weighted by molar-refractivity contribution is 0.0987. The summed E-state index contributed by atoms with van der Waals surface area (Å²) in [6.07, 6.45) is 4.98. The van der Waals surface area contributed by atoms with Crippen LogP contribution >= 0.6 is 0 Å². The molecule has 0 unspecified atom stereocenters. The normalized spacial score (nSPS) is 15.7. The third-order valence-corrected chi connectivity index (χ3v) is 3.70. The number of nitrogens with one attached hydrogen (secondary N) is 1. The van der Waals surface area contributed by atoms with Gasteiger partial charge in [0.25, 0.3) is 0 Å². The van der Waals surface area contributed by atoms with Gasteiger partial charge in [-0.25, -0.2) is 0 Å². The van der Waals surface area contributed by atoms with E-state index in [1.807, 2.05) is 32.0 Å². The van der Waals surface area contributed by atoms with Crippen LogP contribution in [0.5, 0.6) is 5.75 Å². The van der Waals surface area contributed by atoms with Gasteiger partial charge in [-0.1, -0.05) is 12.8 Å². The first kappa shape index (κ1) is 14.1. The highest BCUT2D eigenvalue weighted by atomic mass is 16.5. The Bertz CT molecular complexity index is 436. The third-order valence-electron chi connectivity index (χ3n) is 3.70. The van der Waals surface area contributed by atoms with Gasteiger partial charge in [-0.05, 0) is 50.5 Å². The summed E-state index contributed by atoms with van der Waals surface area (Å²) in [6, 6.07) is 6.20. The fourth-order valence-corrected chi connectivity index (χ4v) is 2.61. The minimum atomic E-state index is 0.165. The summed E-state index contributed by atoms with van der Waals surface area (Å²) < 4.78 is 5.49. The first-order chi connectivity index (χ1) is 9.20. The van der Waals surface area contributed by atoms with Gasteiger partial charge < -0.3 is 10.1 Å². The van der Waals surface area contributed by atoms with Crippen LogP contribution in [0.2, 0.25) is 0 Å². The predicted octanol–water partition coefficient (Wildman–Crippen LogP) is 3.11. The molecule has 19 heavy (non-hydrogen) atoms. The van der Waals surface area contributed by atoms with E-state index in [0.29, 0.717) is 19.2 Å². The zero-order valence-corrected chi connectivity index (χ0v) is 11.9. The lowest BCUT2D eigenvalue weighted by atomic mass is 10.1. The molecule has 1 N–H and O–H groups in total. The Morgan fingerprint density at radius 2 is 2.11 bits per heavy atom. The number of carbonyl (C=O) groups is 1. The molecule has 3 nitrogen and oxygen atoms in total. The zero-order valence-electron chi connectivity index (χ0n) is 11.9. The Morgan fingerprint density at radius 3 is 2.74 bits per heavy atom. The van der Waals surface area contributed by atoms with Crippen LogP contribution < -0.4 is 10.1 Å². The Balaban J connectivity index is 1.92. The quantitative estimate of drug-likeness (QED) is 0.800. The molecule has 0 heterocycles. The average molecular weight is 261 g/mol. The van der Waals surface area contributed by atoms with Crippen molar-refractivity contribution in [2.75, 3.05) is 13.2 Å². The van der Waals surface area contributed by atoms with Crippen molar-refractivity contribution in [1.82, 2.24) is 5.32 Å². The van der Waals surface area contributed by atoms with Crippen molar-refractivity contribution in [1.29, 1.82) is 0 Å². The Morgan fingerprint density at radius 1 is 1.37 bits per heavy atom. The summed E-state index contributed by atoms with van der Waals surface area (Å²) in [5.41, 5.74) is 1.79. The van der Waals surface area contributed by atoms with Crippen molar-refractivity contribution in [3.05, 3.63) is 29.3 Å². The first-order valence-corrected chi connectivity index (χ1v) is 7.20. The molecule has 1 aliphatic carbocycles. The second kappa shape index (κ2) is 6.71. The van der Waals surface area contributed by atoms with E-state index < -0.39 is 0 Å². The Labute approximate surface area is 115 Å². The van der Waals surface area contributed by atoms with Crippen LogP contribution in [0, 0.1) is 6.92 Å². The smallest absolute Gasteiger partial charge is 0.176 e. The van der Waals surface area contributed by atoms with Crippen LogP contribution in [-0.2, 0) is 0 Å². The largest absolute Gasteiger partial charge is 0.494 e. The molecule has 0 amide bonds. The number of rotatable bonds is 6. The fraction of sp³-hybridized carbons (Fsp3) is 0.562. The van der Waals surface area contributed by atoms with Crippen LogP contribution in [0.15, 0.2) is 18.2 Å². The molecule has 0 bridgehead atoms. The summed E-state index contributed by atoms with van der Waals surface area (Å²) in [7, 11) is 0. The first-order valence-electron chi connectivity index (χ1n) is 7.20. The van der Waals surface area contributed by atoms with Crippen molar-refractivity contribution in [2.45, 2.75) is 45.6 Å². The molecule has 3 heteroatoms. The van der Waals surface area contributed by atoms with Crippen LogP contribution in [0.25, 0.3) is 0 Å². The number of hydrogen-bond donors (Lipinski definition) is 1. The molecule has 0 aromatic heterocycles. The van der Waals surface area contributed by atoms with Crippen molar-refractivity contribution in [3.63, 3.8) is 0 Å². The topological polar surface area (TPSA) is 38.3 Å². The number of ether oxygens (including phenoxy) is 1. The molecule has 0 aliphatic heterocycles. The number of carbonyl (C=O) groups excluding carboxylic acids is 1. The van der Waals surface area contributed by atoms with Gasteiger partial charge >= 0.3 is 0 Å². The van der Waals surface area contributed by atoms with Crippen molar-refractivity contribution in [2.24, 2.45) is 0 Å². The summed E-state index contributed by atoms with van der Waals surface area (Å²) in [4.78, 5) is 12.1. The second-order valence-electron chi connectivity index (χ2n) is 5.20. The monoisotopic (exact) mass is 261 g/mol. The third kappa shape index (κ3) is 3.80. The van der Waals surface area contributed by atoms with Gasteiger partial charge in [-0.2, -0.15) is 0 Å². The lowest BCUT2D eigenvalue weighted by Gasteiger charge is -2.12. The molecule has 0 radical (unpaired) electrons. The molecule has 2 rings (SSSR count). The molecule has 1 saturated carbocycles. The fourth-order valence-electron chi connectivity index (χ4n) is 2.61. The second-order valence-corrected chi connectivity index (χ2v) is 5.20. The van der Waals surface area contributed by atoms with Crippen LogP contribution in [0.1, 0.15) is 48.5 Å². The summed E-state index contributed by atoms with van der Waals surface area (Å²) in [5.74, 6) is 1.03. The summed E-state index contributed by atoms with van der Waals surface area (Å²) in [5, 5.41) is 3.36. The maximum Gasteiger partial charge on any atom is 0.176 e. The van der Waals surface area contributed by atoms with Crippen molar-refractivity contribution < 1.29 is 9.53 Å². The number of aryl methyl sites for hydroxylation is 1. The van der Waals surface area contributed by atoms with Gasteiger partial charge in [-0.3, -0.25) is 4.79 Å². The predicted molar refractivity (Wildman–Crippen MR) is 76.9 cm³/mol. The van der Waals surface area contributed by atoms with Crippen LogP contribution in [-0.4, -0.2) is 25.0 Å². The van der Waals surface area contributed by atoms with E-state index in [-0.39, 0.29) is 5.78 Å². The molecule has 0 saturated heterocycles. The highest BCUT2D eigenvalue weighted by molar-refractivity contribution is 5.98. The highest BCUT2D eigenvalue weighted by Crippen LogP contribution is 2.20. The Kier molecular flexibility index (Phi) is 4.97.